The highest BCUT2D eigenvalue weighted by Gasteiger charge is 2.01. The molecule has 0 aliphatic rings. The maximum Gasteiger partial charge on any atom is 0.307 e. The molecule has 0 radical (unpaired) electrons. The van der Waals surface area contributed by atoms with Crippen LogP contribution in [-0.2, 0) is 0 Å². The van der Waals surface area contributed by atoms with Crippen molar-refractivity contribution in [3.8, 4) is 5.75 Å². The fourth-order valence-corrected chi connectivity index (χ4v) is 0.822. The molecule has 0 fully saturated rings. The van der Waals surface area contributed by atoms with E-state index >= 15 is 0 Å². The Kier molecular flexibility index (Phi) is 3.01. The van der Waals surface area contributed by atoms with Crippen molar-refractivity contribution < 1.29 is 13.5 Å². The van der Waals surface area contributed by atoms with Gasteiger partial charge in [-0.05, 0) is 26.0 Å². The number of halogens is 2. The van der Waals surface area contributed by atoms with Gasteiger partial charge in [-0.1, -0.05) is 17.7 Å². The van der Waals surface area contributed by atoms with Gasteiger partial charge >= 0.3 is 6.08 Å². The second kappa shape index (κ2) is 4.03. The molecule has 0 bridgehead atoms. The van der Waals surface area contributed by atoms with E-state index in [-0.39, 0.29) is 5.76 Å². The van der Waals surface area contributed by atoms with E-state index in [2.05, 4.69) is 0 Å². The summed E-state index contributed by atoms with van der Waals surface area (Å²) in [4.78, 5) is 0. The third kappa shape index (κ3) is 2.86. The Morgan fingerprint density at radius 1 is 1.15 bits per heavy atom. The van der Waals surface area contributed by atoms with Crippen LogP contribution < -0.4 is 4.74 Å². The molecule has 3 heteroatoms. The molecule has 0 aromatic heterocycles. The smallest absolute Gasteiger partial charge is 0.307 e. The molecule has 0 aliphatic heterocycles. The summed E-state index contributed by atoms with van der Waals surface area (Å²) in [7, 11) is 0. The Morgan fingerprint density at radius 3 is 2.15 bits per heavy atom. The van der Waals surface area contributed by atoms with Crippen LogP contribution >= 0.6 is 0 Å². The lowest BCUT2D eigenvalue weighted by atomic mass is 10.2. The van der Waals surface area contributed by atoms with Gasteiger partial charge in [-0.3, -0.25) is 0 Å². The number of benzene rings is 1. The third-order valence-corrected chi connectivity index (χ3v) is 1.56. The van der Waals surface area contributed by atoms with Crippen LogP contribution in [-0.4, -0.2) is 0 Å². The Labute approximate surface area is 75.6 Å². The van der Waals surface area contributed by atoms with Crippen molar-refractivity contribution in [2.24, 2.45) is 0 Å². The van der Waals surface area contributed by atoms with E-state index in [0.717, 1.165) is 5.56 Å². The first-order valence-corrected chi connectivity index (χ1v) is 3.86. The van der Waals surface area contributed by atoms with Gasteiger partial charge in [-0.25, -0.2) is 0 Å². The van der Waals surface area contributed by atoms with Gasteiger partial charge in [0.05, 0.1) is 0 Å². The first-order valence-electron chi connectivity index (χ1n) is 3.86. The average Bonchev–Trinajstić information content (AvgIpc) is 2.08. The minimum atomic E-state index is -1.79. The summed E-state index contributed by atoms with van der Waals surface area (Å²) in [6.07, 6.45) is -1.79. The molecule has 1 aromatic carbocycles. The second-order valence-corrected chi connectivity index (χ2v) is 2.73. The van der Waals surface area contributed by atoms with Gasteiger partial charge in [0, 0.05) is 0 Å². The van der Waals surface area contributed by atoms with Crippen molar-refractivity contribution in [3.63, 3.8) is 0 Å². The van der Waals surface area contributed by atoms with Crippen molar-refractivity contribution in [1.82, 2.24) is 0 Å². The van der Waals surface area contributed by atoms with E-state index in [1.165, 1.54) is 6.92 Å². The molecule has 0 saturated carbocycles. The van der Waals surface area contributed by atoms with Crippen LogP contribution in [0.5, 0.6) is 5.75 Å². The molecule has 0 amide bonds. The van der Waals surface area contributed by atoms with Crippen LogP contribution in [0.2, 0.25) is 0 Å². The second-order valence-electron chi connectivity index (χ2n) is 2.73. The van der Waals surface area contributed by atoms with Crippen molar-refractivity contribution in [2.45, 2.75) is 13.8 Å². The molecule has 1 aromatic rings. The minimum Gasteiger partial charge on any atom is -0.456 e. The van der Waals surface area contributed by atoms with Gasteiger partial charge in [0.25, 0.3) is 0 Å². The quantitative estimate of drug-likeness (QED) is 0.639. The zero-order chi connectivity index (χ0) is 9.84. The molecule has 1 nitrogen and oxygen atoms in total. The average molecular weight is 184 g/mol. The van der Waals surface area contributed by atoms with Crippen molar-refractivity contribution in [1.29, 1.82) is 0 Å². The number of ether oxygens (including phenoxy) is 1. The highest BCUT2D eigenvalue weighted by Crippen LogP contribution is 2.17. The molecule has 0 N–H and O–H groups in total. The monoisotopic (exact) mass is 184 g/mol. The Hall–Kier alpha value is -1.38. The van der Waals surface area contributed by atoms with E-state index in [9.17, 15) is 8.78 Å². The maximum atomic E-state index is 11.9. The van der Waals surface area contributed by atoms with Crippen LogP contribution in [0, 0.1) is 6.92 Å². The number of rotatable bonds is 2. The normalized spacial score (nSPS) is 9.54. The summed E-state index contributed by atoms with van der Waals surface area (Å²) in [5.41, 5.74) is 1.06. The molecule has 0 heterocycles. The molecule has 13 heavy (non-hydrogen) atoms. The van der Waals surface area contributed by atoms with Gasteiger partial charge < -0.3 is 4.74 Å². The number of hydrogen-bond acceptors (Lipinski definition) is 1. The molecular formula is C10H10F2O. The summed E-state index contributed by atoms with van der Waals surface area (Å²) in [6.45, 7) is 3.15. The molecule has 0 spiro atoms. The molecule has 0 aliphatic carbocycles. The maximum absolute atomic E-state index is 11.9. The van der Waals surface area contributed by atoms with Crippen molar-refractivity contribution in [3.05, 3.63) is 41.7 Å². The molecule has 0 saturated heterocycles. The van der Waals surface area contributed by atoms with Gasteiger partial charge in [-0.2, -0.15) is 8.78 Å². The molecular weight excluding hydrogens is 174 g/mol. The van der Waals surface area contributed by atoms with Crippen molar-refractivity contribution >= 4 is 0 Å². The first-order chi connectivity index (χ1) is 6.09. The Bertz CT molecular complexity index is 310. The lowest BCUT2D eigenvalue weighted by molar-refractivity contribution is 0.330. The molecule has 0 unspecified atom stereocenters. The lowest BCUT2D eigenvalue weighted by Gasteiger charge is -2.04. The lowest BCUT2D eigenvalue weighted by Crippen LogP contribution is -1.91. The van der Waals surface area contributed by atoms with Crippen molar-refractivity contribution in [2.75, 3.05) is 0 Å². The summed E-state index contributed by atoms with van der Waals surface area (Å²) < 4.78 is 28.8. The van der Waals surface area contributed by atoms with Crippen LogP contribution in [0.1, 0.15) is 12.5 Å². The van der Waals surface area contributed by atoms with Gasteiger partial charge in [-0.15, -0.1) is 0 Å². The summed E-state index contributed by atoms with van der Waals surface area (Å²) in [6, 6.07) is 6.92. The highest BCUT2D eigenvalue weighted by molar-refractivity contribution is 5.27. The topological polar surface area (TPSA) is 9.23 Å². The fourth-order valence-electron chi connectivity index (χ4n) is 0.822. The predicted molar refractivity (Wildman–Crippen MR) is 46.7 cm³/mol. The van der Waals surface area contributed by atoms with Gasteiger partial charge in [0.2, 0.25) is 0 Å². The van der Waals surface area contributed by atoms with E-state index in [1.54, 1.807) is 24.3 Å². The van der Waals surface area contributed by atoms with Gasteiger partial charge in [0.1, 0.15) is 5.75 Å². The summed E-state index contributed by atoms with van der Waals surface area (Å²) in [5, 5.41) is 0. The number of aryl methyl sites for hydroxylation is 1. The molecule has 0 atom stereocenters. The van der Waals surface area contributed by atoms with Crippen LogP contribution in [0.25, 0.3) is 0 Å². The van der Waals surface area contributed by atoms with Gasteiger partial charge in [0.15, 0.2) is 5.76 Å². The zero-order valence-corrected chi connectivity index (χ0v) is 7.47. The summed E-state index contributed by atoms with van der Waals surface area (Å²) in [5.74, 6) is 0.0692. The van der Waals surface area contributed by atoms with Crippen LogP contribution in [0.4, 0.5) is 8.78 Å². The SMILES string of the molecule is CC(Oc1ccc(C)cc1)=C(F)F. The summed E-state index contributed by atoms with van der Waals surface area (Å²) >= 11 is 0. The molecule has 1 rings (SSSR count). The fraction of sp³-hybridized carbons (Fsp3) is 0.200. The number of allylic oxidation sites excluding steroid dienone is 1. The van der Waals surface area contributed by atoms with Crippen LogP contribution in [0.3, 0.4) is 0 Å². The van der Waals surface area contributed by atoms with Crippen LogP contribution in [0.15, 0.2) is 36.1 Å². The zero-order valence-electron chi connectivity index (χ0n) is 7.47. The largest absolute Gasteiger partial charge is 0.456 e. The van der Waals surface area contributed by atoms with E-state index in [0.29, 0.717) is 5.75 Å². The Balaban J connectivity index is 2.76. The number of hydrogen-bond donors (Lipinski definition) is 0. The third-order valence-electron chi connectivity index (χ3n) is 1.56. The van der Waals surface area contributed by atoms with E-state index in [4.69, 9.17) is 4.74 Å². The Morgan fingerprint density at radius 2 is 1.69 bits per heavy atom. The van der Waals surface area contributed by atoms with E-state index in [1.807, 2.05) is 6.92 Å². The first kappa shape index (κ1) is 9.71. The molecule has 70 valence electrons. The van der Waals surface area contributed by atoms with E-state index < -0.39 is 6.08 Å². The predicted octanol–water partition coefficient (Wildman–Crippen LogP) is 3.50. The highest BCUT2D eigenvalue weighted by atomic mass is 19.3. The standard InChI is InChI=1S/C10H10F2O/c1-7-3-5-9(6-4-7)13-8(2)10(11)12/h3-6H,1-2H3. The minimum absolute atomic E-state index is 0.358.